The molecule has 3 aromatic rings. The van der Waals surface area contributed by atoms with Crippen LogP contribution in [-0.2, 0) is 0 Å². The van der Waals surface area contributed by atoms with Crippen LogP contribution in [0.2, 0.25) is 0 Å². The van der Waals surface area contributed by atoms with Gasteiger partial charge in [-0.1, -0.05) is 48.5 Å². The van der Waals surface area contributed by atoms with E-state index >= 15 is 0 Å². The Morgan fingerprint density at radius 1 is 1.12 bits per heavy atom. The van der Waals surface area contributed by atoms with E-state index in [9.17, 15) is 0 Å². The van der Waals surface area contributed by atoms with Crippen LogP contribution in [0.5, 0.6) is 0 Å². The molecule has 24 heavy (non-hydrogen) atoms. The topological polar surface area (TPSA) is 29.3 Å². The molecule has 0 saturated heterocycles. The first kappa shape index (κ1) is 16.3. The Balaban J connectivity index is 2.24. The highest BCUT2D eigenvalue weighted by atomic mass is 32.1. The Morgan fingerprint density at radius 2 is 1.88 bits per heavy atom. The maximum Gasteiger partial charge on any atom is 0.213 e. The predicted molar refractivity (Wildman–Crippen MR) is 102 cm³/mol. The van der Waals surface area contributed by atoms with Gasteiger partial charge in [0.05, 0.1) is 5.69 Å². The van der Waals surface area contributed by atoms with Crippen molar-refractivity contribution in [3.63, 3.8) is 0 Å². The van der Waals surface area contributed by atoms with Crippen LogP contribution in [0.4, 0.5) is 0 Å². The summed E-state index contributed by atoms with van der Waals surface area (Å²) in [5, 5.41) is 6.66. The molecule has 4 heteroatoms. The molecule has 1 heterocycles. The van der Waals surface area contributed by atoms with Crippen molar-refractivity contribution in [3.8, 4) is 16.9 Å². The smallest absolute Gasteiger partial charge is 0.213 e. The van der Waals surface area contributed by atoms with Gasteiger partial charge in [-0.2, -0.15) is 0 Å². The number of nitrogens with zero attached hydrogens (tertiary/aromatic N) is 2. The molecule has 0 fully saturated rings. The molecule has 122 valence electrons. The molecule has 0 aliphatic heterocycles. The standard InChI is InChI=1S/C20H21N3S/c1-14(2)21-22-20-23(17-8-6-5-7-9-17)19(13-24-20)18-11-10-15(3)12-16(18)4/h5-13,21H,1H2,2-4H3/b22-20+. The number of thiazole rings is 1. The van der Waals surface area contributed by atoms with Crippen LogP contribution >= 0.6 is 11.3 Å². The van der Waals surface area contributed by atoms with Gasteiger partial charge in [-0.3, -0.25) is 9.99 Å². The van der Waals surface area contributed by atoms with Crippen LogP contribution in [0.25, 0.3) is 16.9 Å². The molecule has 0 spiro atoms. The van der Waals surface area contributed by atoms with Gasteiger partial charge in [-0.05, 0) is 38.5 Å². The molecule has 1 aromatic heterocycles. The third kappa shape index (κ3) is 3.34. The quantitative estimate of drug-likeness (QED) is 0.684. The fourth-order valence-electron chi connectivity index (χ4n) is 2.65. The second-order valence-electron chi connectivity index (χ2n) is 5.90. The van der Waals surface area contributed by atoms with E-state index in [4.69, 9.17) is 0 Å². The minimum atomic E-state index is 0.816. The van der Waals surface area contributed by atoms with Gasteiger partial charge in [-0.15, -0.1) is 16.4 Å². The van der Waals surface area contributed by atoms with Gasteiger partial charge >= 0.3 is 0 Å². The van der Waals surface area contributed by atoms with E-state index in [-0.39, 0.29) is 0 Å². The van der Waals surface area contributed by atoms with E-state index in [0.29, 0.717) is 0 Å². The molecular formula is C20H21N3S. The molecule has 3 nitrogen and oxygen atoms in total. The van der Waals surface area contributed by atoms with Crippen LogP contribution in [0.15, 0.2) is 71.3 Å². The zero-order chi connectivity index (χ0) is 17.1. The predicted octanol–water partition coefficient (Wildman–Crippen LogP) is 4.76. The van der Waals surface area contributed by atoms with Crippen LogP contribution in [0.1, 0.15) is 18.1 Å². The summed E-state index contributed by atoms with van der Waals surface area (Å²) in [6, 6.07) is 16.9. The van der Waals surface area contributed by atoms with E-state index in [0.717, 1.165) is 21.9 Å². The van der Waals surface area contributed by atoms with Crippen molar-refractivity contribution in [2.24, 2.45) is 5.10 Å². The molecule has 3 rings (SSSR count). The first-order chi connectivity index (χ1) is 11.6. The summed E-state index contributed by atoms with van der Waals surface area (Å²) in [5.41, 5.74) is 9.79. The summed E-state index contributed by atoms with van der Waals surface area (Å²) in [6.45, 7) is 10.0. The summed E-state index contributed by atoms with van der Waals surface area (Å²) in [5.74, 6) is 0. The average Bonchev–Trinajstić information content (AvgIpc) is 2.97. The fourth-order valence-corrected chi connectivity index (χ4v) is 3.51. The molecule has 1 N–H and O–H groups in total. The first-order valence-corrected chi connectivity index (χ1v) is 8.73. The summed E-state index contributed by atoms with van der Waals surface area (Å²) in [4.78, 5) is 0.888. The normalized spacial score (nSPS) is 11.5. The average molecular weight is 335 g/mol. The molecule has 0 aliphatic rings. The lowest BCUT2D eigenvalue weighted by Crippen LogP contribution is -2.18. The molecular weight excluding hydrogens is 314 g/mol. The van der Waals surface area contributed by atoms with E-state index < -0.39 is 0 Å². The fraction of sp³-hybridized carbons (Fsp3) is 0.150. The number of nitrogens with one attached hydrogen (secondary N) is 1. The Bertz CT molecular complexity index is 933. The number of aromatic nitrogens is 1. The van der Waals surface area contributed by atoms with Crippen molar-refractivity contribution in [2.45, 2.75) is 20.8 Å². The van der Waals surface area contributed by atoms with Gasteiger partial charge in [-0.25, -0.2) is 0 Å². The Hall–Kier alpha value is -2.59. The highest BCUT2D eigenvalue weighted by Gasteiger charge is 2.12. The Labute approximate surface area is 146 Å². The Morgan fingerprint density at radius 3 is 2.54 bits per heavy atom. The minimum absolute atomic E-state index is 0.816. The molecule has 0 radical (unpaired) electrons. The second kappa shape index (κ2) is 6.89. The maximum absolute atomic E-state index is 4.51. The summed E-state index contributed by atoms with van der Waals surface area (Å²) in [6.07, 6.45) is 0. The lowest BCUT2D eigenvalue weighted by atomic mass is 10.0. The number of hydrogen-bond acceptors (Lipinski definition) is 3. The van der Waals surface area contributed by atoms with Crippen molar-refractivity contribution in [1.29, 1.82) is 0 Å². The van der Waals surface area contributed by atoms with Crippen LogP contribution in [-0.4, -0.2) is 4.57 Å². The van der Waals surface area contributed by atoms with Gasteiger partial charge in [0.15, 0.2) is 0 Å². The zero-order valence-corrected chi connectivity index (χ0v) is 15.0. The van der Waals surface area contributed by atoms with Crippen molar-refractivity contribution in [1.82, 2.24) is 9.99 Å². The van der Waals surface area contributed by atoms with Crippen molar-refractivity contribution in [3.05, 3.63) is 82.1 Å². The van der Waals surface area contributed by atoms with Gasteiger partial charge < -0.3 is 0 Å². The summed E-state index contributed by atoms with van der Waals surface area (Å²) < 4.78 is 2.18. The highest BCUT2D eigenvalue weighted by Crippen LogP contribution is 2.27. The highest BCUT2D eigenvalue weighted by molar-refractivity contribution is 7.07. The maximum atomic E-state index is 4.51. The number of para-hydroxylation sites is 1. The van der Waals surface area contributed by atoms with E-state index in [1.807, 2.05) is 25.1 Å². The number of allylic oxidation sites excluding steroid dienone is 1. The van der Waals surface area contributed by atoms with E-state index in [2.05, 4.69) is 71.2 Å². The molecule has 0 aliphatic carbocycles. The molecule has 0 bridgehead atoms. The van der Waals surface area contributed by atoms with Crippen LogP contribution in [0.3, 0.4) is 0 Å². The third-order valence-corrected chi connectivity index (χ3v) is 4.55. The zero-order valence-electron chi connectivity index (χ0n) is 14.2. The lowest BCUT2D eigenvalue weighted by Gasteiger charge is -2.12. The SMILES string of the molecule is C=C(C)N/N=c1/scc(-c2ccc(C)cc2C)n1-c1ccccc1. The summed E-state index contributed by atoms with van der Waals surface area (Å²) >= 11 is 1.61. The van der Waals surface area contributed by atoms with Gasteiger partial charge in [0.25, 0.3) is 0 Å². The van der Waals surface area contributed by atoms with Crippen molar-refractivity contribution >= 4 is 11.3 Å². The minimum Gasteiger partial charge on any atom is -0.284 e. The van der Waals surface area contributed by atoms with E-state index in [1.165, 1.54) is 16.7 Å². The molecule has 0 amide bonds. The first-order valence-electron chi connectivity index (χ1n) is 7.85. The lowest BCUT2D eigenvalue weighted by molar-refractivity contribution is 0.824. The van der Waals surface area contributed by atoms with Gasteiger partial charge in [0.2, 0.25) is 4.80 Å². The number of aryl methyl sites for hydroxylation is 2. The number of hydrogen-bond donors (Lipinski definition) is 1. The van der Waals surface area contributed by atoms with E-state index in [1.54, 1.807) is 11.3 Å². The number of benzene rings is 2. The van der Waals surface area contributed by atoms with Crippen LogP contribution < -0.4 is 10.2 Å². The van der Waals surface area contributed by atoms with Gasteiger partial charge in [0, 0.05) is 22.3 Å². The second-order valence-corrected chi connectivity index (χ2v) is 6.73. The van der Waals surface area contributed by atoms with Gasteiger partial charge in [0.1, 0.15) is 0 Å². The third-order valence-electron chi connectivity index (χ3n) is 3.72. The molecule has 0 atom stereocenters. The molecule has 0 saturated carbocycles. The molecule has 0 unspecified atom stereocenters. The van der Waals surface area contributed by atoms with Crippen molar-refractivity contribution < 1.29 is 0 Å². The Kier molecular flexibility index (Phi) is 4.67. The molecule has 2 aromatic carbocycles. The number of rotatable bonds is 4. The van der Waals surface area contributed by atoms with Crippen molar-refractivity contribution in [2.75, 3.05) is 0 Å². The van der Waals surface area contributed by atoms with Crippen LogP contribution in [0, 0.1) is 13.8 Å². The largest absolute Gasteiger partial charge is 0.284 e. The monoisotopic (exact) mass is 335 g/mol. The summed E-state index contributed by atoms with van der Waals surface area (Å²) in [7, 11) is 0.